The van der Waals surface area contributed by atoms with Gasteiger partial charge in [-0.2, -0.15) is 0 Å². The number of hydrogen-bond acceptors (Lipinski definition) is 4. The van der Waals surface area contributed by atoms with Crippen LogP contribution in [0.5, 0.6) is 0 Å². The van der Waals surface area contributed by atoms with Crippen molar-refractivity contribution in [1.29, 1.82) is 0 Å². The molecule has 0 radical (unpaired) electrons. The highest BCUT2D eigenvalue weighted by Crippen LogP contribution is 2.32. The second-order valence-electron chi connectivity index (χ2n) is 5.28. The van der Waals surface area contributed by atoms with Gasteiger partial charge in [0.2, 0.25) is 0 Å². The molecule has 19 heavy (non-hydrogen) atoms. The molecule has 2 rings (SSSR count). The zero-order valence-corrected chi connectivity index (χ0v) is 12.0. The number of nitrogens with zero attached hydrogens (tertiary/aromatic N) is 2. The zero-order chi connectivity index (χ0) is 13.7. The summed E-state index contributed by atoms with van der Waals surface area (Å²) in [5, 5.41) is 12.4. The van der Waals surface area contributed by atoms with Crippen molar-refractivity contribution >= 4 is 5.82 Å². The summed E-state index contributed by atoms with van der Waals surface area (Å²) >= 11 is 0. The smallest absolute Gasteiger partial charge is 0.133 e. The van der Waals surface area contributed by atoms with E-state index in [1.165, 1.54) is 24.8 Å². The summed E-state index contributed by atoms with van der Waals surface area (Å²) in [6, 6.07) is 5.04. The summed E-state index contributed by atoms with van der Waals surface area (Å²) in [6.07, 6.45) is 6.47. The van der Waals surface area contributed by atoms with Gasteiger partial charge in [-0.05, 0) is 45.7 Å². The number of nitrogens with one attached hydrogen (secondary N) is 1. The Labute approximate surface area is 115 Å². The maximum Gasteiger partial charge on any atom is 0.133 e. The topological polar surface area (TPSA) is 48.4 Å². The minimum absolute atomic E-state index is 0.243. The largest absolute Gasteiger partial charge is 0.396 e. The monoisotopic (exact) mass is 263 g/mol. The molecule has 0 bridgehead atoms. The van der Waals surface area contributed by atoms with Crippen LogP contribution >= 0.6 is 0 Å². The van der Waals surface area contributed by atoms with Crippen LogP contribution in [0.3, 0.4) is 0 Å². The summed E-state index contributed by atoms with van der Waals surface area (Å²) in [6.45, 7) is 3.29. The number of hydrogen-bond donors (Lipinski definition) is 2. The van der Waals surface area contributed by atoms with E-state index < -0.39 is 0 Å². The molecule has 1 unspecified atom stereocenters. The van der Waals surface area contributed by atoms with Crippen molar-refractivity contribution in [2.75, 3.05) is 25.1 Å². The summed E-state index contributed by atoms with van der Waals surface area (Å²) < 4.78 is 0. The molecule has 1 heterocycles. The quantitative estimate of drug-likeness (QED) is 0.791. The first-order chi connectivity index (χ1) is 9.27. The van der Waals surface area contributed by atoms with Crippen LogP contribution in [0.25, 0.3) is 0 Å². The molecule has 1 aromatic rings. The van der Waals surface area contributed by atoms with Crippen molar-refractivity contribution in [3.63, 3.8) is 0 Å². The van der Waals surface area contributed by atoms with Gasteiger partial charge in [-0.3, -0.25) is 0 Å². The van der Waals surface area contributed by atoms with Crippen molar-refractivity contribution in [3.8, 4) is 0 Å². The number of aromatic nitrogens is 1. The highest BCUT2D eigenvalue weighted by molar-refractivity contribution is 5.49. The fourth-order valence-electron chi connectivity index (χ4n) is 2.54. The number of anilines is 1. The molecule has 0 aliphatic heterocycles. The average Bonchev–Trinajstić information content (AvgIpc) is 2.40. The summed E-state index contributed by atoms with van der Waals surface area (Å²) in [5.74, 6) is 1.09. The van der Waals surface area contributed by atoms with Crippen molar-refractivity contribution < 1.29 is 5.11 Å². The van der Waals surface area contributed by atoms with E-state index in [1.54, 1.807) is 0 Å². The van der Waals surface area contributed by atoms with Crippen LogP contribution in [0, 0.1) is 0 Å². The normalized spacial score (nSPS) is 17.0. The Morgan fingerprint density at radius 3 is 2.89 bits per heavy atom. The minimum Gasteiger partial charge on any atom is -0.396 e. The third-order valence-electron chi connectivity index (χ3n) is 4.06. The summed E-state index contributed by atoms with van der Waals surface area (Å²) in [7, 11) is 1.98. The molecule has 1 aromatic heterocycles. The fraction of sp³-hybridized carbons (Fsp3) is 0.667. The maximum atomic E-state index is 9.10. The molecular weight excluding hydrogens is 238 g/mol. The van der Waals surface area contributed by atoms with Gasteiger partial charge in [0, 0.05) is 37.0 Å². The molecule has 1 aliphatic rings. The van der Waals surface area contributed by atoms with Gasteiger partial charge in [0.15, 0.2) is 0 Å². The molecule has 0 saturated heterocycles. The van der Waals surface area contributed by atoms with Gasteiger partial charge in [-0.15, -0.1) is 0 Å². The van der Waals surface area contributed by atoms with Crippen LogP contribution in [0.1, 0.15) is 44.2 Å². The van der Waals surface area contributed by atoms with Crippen LogP contribution in [-0.2, 0) is 0 Å². The lowest BCUT2D eigenvalue weighted by Gasteiger charge is -2.39. The number of aliphatic hydroxyl groups is 1. The molecular formula is C15H25N3O. The predicted molar refractivity (Wildman–Crippen MR) is 78.4 cm³/mol. The molecule has 1 saturated carbocycles. The number of pyridine rings is 1. The van der Waals surface area contributed by atoms with Crippen LogP contribution in [0.2, 0.25) is 0 Å². The van der Waals surface area contributed by atoms with E-state index in [4.69, 9.17) is 5.11 Å². The van der Waals surface area contributed by atoms with Gasteiger partial charge in [0.1, 0.15) is 5.82 Å². The first-order valence-corrected chi connectivity index (χ1v) is 7.27. The Kier molecular flexibility index (Phi) is 5.16. The Hall–Kier alpha value is -1.13. The lowest BCUT2D eigenvalue weighted by Crippen LogP contribution is -2.42. The van der Waals surface area contributed by atoms with E-state index in [9.17, 15) is 0 Å². The van der Waals surface area contributed by atoms with Gasteiger partial charge >= 0.3 is 0 Å². The molecule has 2 N–H and O–H groups in total. The zero-order valence-electron chi connectivity index (χ0n) is 12.0. The highest BCUT2D eigenvalue weighted by atomic mass is 16.3. The van der Waals surface area contributed by atoms with Crippen molar-refractivity contribution in [2.45, 2.75) is 44.7 Å². The molecule has 106 valence electrons. The predicted octanol–water partition coefficient (Wildman–Crippen LogP) is 2.10. The second-order valence-corrected chi connectivity index (χ2v) is 5.28. The Bertz CT molecular complexity index is 393. The first kappa shape index (κ1) is 14.3. The lowest BCUT2D eigenvalue weighted by atomic mass is 9.90. The molecule has 1 atom stereocenters. The molecule has 1 aliphatic carbocycles. The Morgan fingerprint density at radius 2 is 2.32 bits per heavy atom. The molecule has 4 nitrogen and oxygen atoms in total. The number of aliphatic hydroxyl groups excluding tert-OH is 1. The standard InChI is InChI=1S/C15H25N3O/c1-12(16-2)14-8-4-9-17-15(14)18(10-5-11-19)13-6-3-7-13/h4,8-9,12-13,16,19H,3,5-7,10-11H2,1-2H3. The average molecular weight is 263 g/mol. The molecule has 0 aromatic carbocycles. The lowest BCUT2D eigenvalue weighted by molar-refractivity contribution is 0.282. The van der Waals surface area contributed by atoms with Gasteiger partial charge in [0.25, 0.3) is 0 Å². The van der Waals surface area contributed by atoms with Crippen LogP contribution < -0.4 is 10.2 Å². The van der Waals surface area contributed by atoms with E-state index in [2.05, 4.69) is 28.2 Å². The van der Waals surface area contributed by atoms with E-state index in [0.29, 0.717) is 12.1 Å². The Balaban J connectivity index is 2.24. The summed E-state index contributed by atoms with van der Waals surface area (Å²) in [4.78, 5) is 7.00. The highest BCUT2D eigenvalue weighted by Gasteiger charge is 2.27. The Morgan fingerprint density at radius 1 is 1.53 bits per heavy atom. The maximum absolute atomic E-state index is 9.10. The van der Waals surface area contributed by atoms with Crippen LogP contribution in [-0.4, -0.2) is 36.3 Å². The van der Waals surface area contributed by atoms with Crippen LogP contribution in [0.4, 0.5) is 5.82 Å². The minimum atomic E-state index is 0.243. The van der Waals surface area contributed by atoms with Crippen molar-refractivity contribution in [3.05, 3.63) is 23.9 Å². The third-order valence-corrected chi connectivity index (χ3v) is 4.06. The second kappa shape index (κ2) is 6.87. The molecule has 4 heteroatoms. The SMILES string of the molecule is CNC(C)c1cccnc1N(CCCO)C1CCC1. The van der Waals surface area contributed by atoms with Gasteiger partial charge in [0.05, 0.1) is 0 Å². The van der Waals surface area contributed by atoms with Gasteiger partial charge < -0.3 is 15.3 Å². The van der Waals surface area contributed by atoms with Crippen LogP contribution in [0.15, 0.2) is 18.3 Å². The van der Waals surface area contributed by atoms with E-state index >= 15 is 0 Å². The number of rotatable bonds is 7. The van der Waals surface area contributed by atoms with Crippen molar-refractivity contribution in [2.24, 2.45) is 0 Å². The fourth-order valence-corrected chi connectivity index (χ4v) is 2.54. The first-order valence-electron chi connectivity index (χ1n) is 7.27. The van der Waals surface area contributed by atoms with E-state index in [0.717, 1.165) is 18.8 Å². The summed E-state index contributed by atoms with van der Waals surface area (Å²) in [5.41, 5.74) is 1.25. The molecule has 0 spiro atoms. The van der Waals surface area contributed by atoms with E-state index in [-0.39, 0.29) is 6.61 Å². The third kappa shape index (κ3) is 3.25. The van der Waals surface area contributed by atoms with Crippen molar-refractivity contribution in [1.82, 2.24) is 10.3 Å². The van der Waals surface area contributed by atoms with E-state index in [1.807, 2.05) is 19.3 Å². The van der Waals surface area contributed by atoms with Gasteiger partial charge in [-0.1, -0.05) is 6.07 Å². The molecule has 0 amide bonds. The van der Waals surface area contributed by atoms with Gasteiger partial charge in [-0.25, -0.2) is 4.98 Å². The molecule has 1 fully saturated rings.